The van der Waals surface area contributed by atoms with Gasteiger partial charge in [0.1, 0.15) is 0 Å². The number of hydrogen-bond donors (Lipinski definition) is 0. The Kier molecular flexibility index (Phi) is 6.25. The second-order valence-corrected chi connectivity index (χ2v) is 11.2. The second-order valence-electron chi connectivity index (χ2n) is 11.2. The first-order valence-corrected chi connectivity index (χ1v) is 14.9. The molecule has 8 rings (SSSR count). The van der Waals surface area contributed by atoms with Crippen LogP contribution in [0.3, 0.4) is 0 Å². The molecule has 1 heteroatoms. The standard InChI is InChI=1S/C43H27N/c44-28-29-16-18-31(19-17-29)36-24-26-42(40-13-5-3-11-38(36)40)43-27-25-37(39-12-4-6-14-41(39)43)33-22-20-32(21-23-33)35-15-7-9-30-8-1-2-10-34(30)35/h1-27H. The SMILES string of the molecule is N#Cc1ccc(-c2ccc(-c3ccc(-c4ccc(-c5cccc6ccccc56)cc4)c4ccccc34)c3ccccc23)cc1. The van der Waals surface area contributed by atoms with E-state index >= 15 is 0 Å². The number of nitriles is 1. The molecule has 0 fully saturated rings. The first-order valence-electron chi connectivity index (χ1n) is 14.9. The third-order valence-corrected chi connectivity index (χ3v) is 8.76. The van der Waals surface area contributed by atoms with Crippen molar-refractivity contribution < 1.29 is 0 Å². The summed E-state index contributed by atoms with van der Waals surface area (Å²) < 4.78 is 0. The summed E-state index contributed by atoms with van der Waals surface area (Å²) >= 11 is 0. The Morgan fingerprint density at radius 1 is 0.295 bits per heavy atom. The van der Waals surface area contributed by atoms with E-state index in [1.54, 1.807) is 0 Å². The maximum Gasteiger partial charge on any atom is 0.0991 e. The van der Waals surface area contributed by atoms with Crippen LogP contribution >= 0.6 is 0 Å². The average Bonchev–Trinajstić information content (AvgIpc) is 3.11. The lowest BCUT2D eigenvalue weighted by Gasteiger charge is -2.16. The molecular formula is C43H27N. The van der Waals surface area contributed by atoms with Gasteiger partial charge in [0.2, 0.25) is 0 Å². The summed E-state index contributed by atoms with van der Waals surface area (Å²) in [6, 6.07) is 60.5. The monoisotopic (exact) mass is 557 g/mol. The Hall–Kier alpha value is -5.97. The van der Waals surface area contributed by atoms with Crippen molar-refractivity contribution >= 4 is 32.3 Å². The molecule has 0 aromatic heterocycles. The van der Waals surface area contributed by atoms with E-state index in [4.69, 9.17) is 0 Å². The van der Waals surface area contributed by atoms with Crippen LogP contribution in [-0.4, -0.2) is 0 Å². The number of fused-ring (bicyclic) bond motifs is 3. The molecule has 0 saturated carbocycles. The van der Waals surface area contributed by atoms with E-state index in [0.29, 0.717) is 5.56 Å². The Bertz CT molecular complexity index is 2370. The number of benzene rings is 8. The fourth-order valence-electron chi connectivity index (χ4n) is 6.60. The van der Waals surface area contributed by atoms with Crippen LogP contribution in [0, 0.1) is 11.3 Å². The lowest BCUT2D eigenvalue weighted by Crippen LogP contribution is -1.89. The molecule has 8 aromatic carbocycles. The highest BCUT2D eigenvalue weighted by molar-refractivity contribution is 6.12. The van der Waals surface area contributed by atoms with Crippen molar-refractivity contribution in [3.8, 4) is 50.6 Å². The van der Waals surface area contributed by atoms with Gasteiger partial charge in [-0.05, 0) is 89.0 Å². The zero-order chi connectivity index (χ0) is 29.5. The van der Waals surface area contributed by atoms with Crippen molar-refractivity contribution in [2.24, 2.45) is 0 Å². The van der Waals surface area contributed by atoms with Crippen LogP contribution in [0.15, 0.2) is 164 Å². The van der Waals surface area contributed by atoms with Gasteiger partial charge in [0.15, 0.2) is 0 Å². The van der Waals surface area contributed by atoms with E-state index in [0.717, 1.165) is 5.56 Å². The Morgan fingerprint density at radius 2 is 0.659 bits per heavy atom. The maximum atomic E-state index is 9.26. The molecule has 0 atom stereocenters. The largest absolute Gasteiger partial charge is 0.192 e. The predicted molar refractivity (Wildman–Crippen MR) is 185 cm³/mol. The number of rotatable bonds is 4. The number of nitrogens with zero attached hydrogens (tertiary/aromatic N) is 1. The summed E-state index contributed by atoms with van der Waals surface area (Å²) in [6.07, 6.45) is 0. The van der Waals surface area contributed by atoms with Gasteiger partial charge in [0.05, 0.1) is 11.6 Å². The summed E-state index contributed by atoms with van der Waals surface area (Å²) in [4.78, 5) is 0. The van der Waals surface area contributed by atoms with Crippen molar-refractivity contribution in [1.82, 2.24) is 0 Å². The first-order chi connectivity index (χ1) is 21.8. The van der Waals surface area contributed by atoms with E-state index in [1.807, 2.05) is 24.3 Å². The molecule has 44 heavy (non-hydrogen) atoms. The smallest absolute Gasteiger partial charge is 0.0991 e. The van der Waals surface area contributed by atoms with Gasteiger partial charge in [-0.25, -0.2) is 0 Å². The molecule has 0 aliphatic heterocycles. The zero-order valence-electron chi connectivity index (χ0n) is 24.0. The minimum Gasteiger partial charge on any atom is -0.192 e. The number of hydrogen-bond acceptors (Lipinski definition) is 1. The van der Waals surface area contributed by atoms with Crippen LogP contribution < -0.4 is 0 Å². The topological polar surface area (TPSA) is 23.8 Å². The minimum atomic E-state index is 0.671. The average molecular weight is 558 g/mol. The van der Waals surface area contributed by atoms with Crippen molar-refractivity contribution in [1.29, 1.82) is 5.26 Å². The summed E-state index contributed by atoms with van der Waals surface area (Å²) in [5.41, 5.74) is 10.3. The highest BCUT2D eigenvalue weighted by Crippen LogP contribution is 2.41. The van der Waals surface area contributed by atoms with Gasteiger partial charge in [0, 0.05) is 0 Å². The van der Waals surface area contributed by atoms with Crippen LogP contribution in [0.2, 0.25) is 0 Å². The Balaban J connectivity index is 1.23. The van der Waals surface area contributed by atoms with Crippen molar-refractivity contribution in [2.75, 3.05) is 0 Å². The van der Waals surface area contributed by atoms with Crippen molar-refractivity contribution in [3.63, 3.8) is 0 Å². The van der Waals surface area contributed by atoms with Gasteiger partial charge in [-0.3, -0.25) is 0 Å². The van der Waals surface area contributed by atoms with Crippen molar-refractivity contribution in [2.45, 2.75) is 0 Å². The Morgan fingerprint density at radius 3 is 1.16 bits per heavy atom. The molecule has 0 saturated heterocycles. The van der Waals surface area contributed by atoms with Gasteiger partial charge in [0.25, 0.3) is 0 Å². The molecule has 0 N–H and O–H groups in total. The molecule has 0 spiro atoms. The lowest BCUT2D eigenvalue weighted by atomic mass is 9.87. The third-order valence-electron chi connectivity index (χ3n) is 8.76. The van der Waals surface area contributed by atoms with Crippen LogP contribution in [0.1, 0.15) is 5.56 Å². The quantitative estimate of drug-likeness (QED) is 0.211. The van der Waals surface area contributed by atoms with E-state index in [2.05, 4.69) is 146 Å². The molecule has 0 radical (unpaired) electrons. The van der Waals surface area contributed by atoms with E-state index in [9.17, 15) is 5.26 Å². The first kappa shape index (κ1) is 25.7. The molecular weight excluding hydrogens is 530 g/mol. The van der Waals surface area contributed by atoms with E-state index in [-0.39, 0.29) is 0 Å². The fourth-order valence-corrected chi connectivity index (χ4v) is 6.60. The summed E-state index contributed by atoms with van der Waals surface area (Å²) in [7, 11) is 0. The van der Waals surface area contributed by atoms with E-state index in [1.165, 1.54) is 71.3 Å². The summed E-state index contributed by atoms with van der Waals surface area (Å²) in [6.45, 7) is 0. The normalized spacial score (nSPS) is 11.2. The molecule has 0 unspecified atom stereocenters. The van der Waals surface area contributed by atoms with Crippen molar-refractivity contribution in [3.05, 3.63) is 169 Å². The Labute approximate surface area is 256 Å². The minimum absolute atomic E-state index is 0.671. The predicted octanol–water partition coefficient (Wildman–Crippen LogP) is 11.7. The summed E-state index contributed by atoms with van der Waals surface area (Å²) in [5, 5.41) is 16.7. The van der Waals surface area contributed by atoms with Crippen LogP contribution in [-0.2, 0) is 0 Å². The van der Waals surface area contributed by atoms with Gasteiger partial charge in [-0.1, -0.05) is 152 Å². The second kappa shape index (κ2) is 10.7. The zero-order valence-corrected chi connectivity index (χ0v) is 24.0. The van der Waals surface area contributed by atoms with Gasteiger partial charge in [-0.15, -0.1) is 0 Å². The molecule has 0 aliphatic rings. The fraction of sp³-hybridized carbons (Fsp3) is 0. The molecule has 1 nitrogen and oxygen atoms in total. The molecule has 204 valence electrons. The molecule has 0 bridgehead atoms. The van der Waals surface area contributed by atoms with E-state index < -0.39 is 0 Å². The van der Waals surface area contributed by atoms with Crippen LogP contribution in [0.4, 0.5) is 0 Å². The molecule has 0 heterocycles. The summed E-state index contributed by atoms with van der Waals surface area (Å²) in [5.74, 6) is 0. The lowest BCUT2D eigenvalue weighted by molar-refractivity contribution is 1.48. The van der Waals surface area contributed by atoms with Gasteiger partial charge < -0.3 is 0 Å². The molecule has 0 aliphatic carbocycles. The van der Waals surface area contributed by atoms with Gasteiger partial charge >= 0.3 is 0 Å². The highest BCUT2D eigenvalue weighted by atomic mass is 14.2. The van der Waals surface area contributed by atoms with Crippen LogP contribution in [0.5, 0.6) is 0 Å². The van der Waals surface area contributed by atoms with Gasteiger partial charge in [-0.2, -0.15) is 5.26 Å². The van der Waals surface area contributed by atoms with Crippen LogP contribution in [0.25, 0.3) is 76.8 Å². The highest BCUT2D eigenvalue weighted by Gasteiger charge is 2.14. The third kappa shape index (κ3) is 4.33. The molecule has 8 aromatic rings. The maximum absolute atomic E-state index is 9.26. The molecule has 0 amide bonds.